The fraction of sp³-hybridized carbons (Fsp3) is 0.588. The van der Waals surface area contributed by atoms with Crippen LogP contribution in [0.3, 0.4) is 0 Å². The first-order valence-electron chi connectivity index (χ1n) is 7.44. The monoisotopic (exact) mass is 274 g/mol. The first kappa shape index (κ1) is 13.5. The SMILES string of the molecule is C[C@@]12CCC[C@](C)(C(=O)O)[C@H]1CCc1ccc(O)cc12. The lowest BCUT2D eigenvalue weighted by molar-refractivity contribution is -0.157. The lowest BCUT2D eigenvalue weighted by atomic mass is 9.50. The van der Waals surface area contributed by atoms with Gasteiger partial charge in [-0.05, 0) is 67.2 Å². The molecule has 0 amide bonds. The number of aryl methyl sites for hydroxylation is 1. The van der Waals surface area contributed by atoms with Gasteiger partial charge in [-0.15, -0.1) is 0 Å². The summed E-state index contributed by atoms with van der Waals surface area (Å²) in [5.74, 6) is -0.235. The summed E-state index contributed by atoms with van der Waals surface area (Å²) in [5, 5.41) is 19.5. The fourth-order valence-electron chi connectivity index (χ4n) is 4.70. The summed E-state index contributed by atoms with van der Waals surface area (Å²) >= 11 is 0. The van der Waals surface area contributed by atoms with Gasteiger partial charge in [0.2, 0.25) is 0 Å². The number of carbonyl (C=O) groups is 1. The average Bonchev–Trinajstić information content (AvgIpc) is 2.39. The summed E-state index contributed by atoms with van der Waals surface area (Å²) < 4.78 is 0. The second kappa shape index (κ2) is 4.24. The molecule has 1 saturated carbocycles. The Morgan fingerprint density at radius 3 is 2.75 bits per heavy atom. The van der Waals surface area contributed by atoms with E-state index in [0.29, 0.717) is 0 Å². The summed E-state index contributed by atoms with van der Waals surface area (Å²) in [6.07, 6.45) is 4.55. The van der Waals surface area contributed by atoms with Crippen molar-refractivity contribution in [3.05, 3.63) is 29.3 Å². The smallest absolute Gasteiger partial charge is 0.309 e. The number of phenolic OH excluding ortho intramolecular Hbond substituents is 1. The number of hydrogen-bond donors (Lipinski definition) is 2. The molecule has 3 atom stereocenters. The number of phenols is 1. The van der Waals surface area contributed by atoms with E-state index in [1.54, 1.807) is 6.07 Å². The first-order valence-corrected chi connectivity index (χ1v) is 7.44. The van der Waals surface area contributed by atoms with E-state index in [1.165, 1.54) is 11.1 Å². The highest BCUT2D eigenvalue weighted by Gasteiger charge is 2.55. The molecule has 0 aromatic heterocycles. The zero-order valence-corrected chi connectivity index (χ0v) is 12.1. The van der Waals surface area contributed by atoms with Gasteiger partial charge in [0.25, 0.3) is 0 Å². The van der Waals surface area contributed by atoms with Gasteiger partial charge in [-0.25, -0.2) is 0 Å². The van der Waals surface area contributed by atoms with E-state index in [4.69, 9.17) is 0 Å². The number of carboxylic acid groups (broad SMARTS) is 1. The van der Waals surface area contributed by atoms with Gasteiger partial charge < -0.3 is 10.2 Å². The highest BCUT2D eigenvalue weighted by atomic mass is 16.4. The predicted molar refractivity (Wildman–Crippen MR) is 76.9 cm³/mol. The van der Waals surface area contributed by atoms with Crippen LogP contribution in [0.1, 0.15) is 50.7 Å². The van der Waals surface area contributed by atoms with E-state index in [2.05, 4.69) is 6.92 Å². The highest BCUT2D eigenvalue weighted by Crippen LogP contribution is 2.57. The van der Waals surface area contributed by atoms with Crippen molar-refractivity contribution < 1.29 is 15.0 Å². The van der Waals surface area contributed by atoms with Crippen LogP contribution < -0.4 is 0 Å². The number of aromatic hydroxyl groups is 1. The van der Waals surface area contributed by atoms with Gasteiger partial charge in [0.15, 0.2) is 0 Å². The standard InChI is InChI=1S/C17H22O3/c1-16-8-3-9-17(2,15(19)20)14(16)7-5-11-4-6-12(18)10-13(11)16/h4,6,10,14,18H,3,5,7-9H2,1-2H3,(H,19,20)/t14-,16-,17-/m0/s1. The van der Waals surface area contributed by atoms with Crippen molar-refractivity contribution in [2.45, 2.75) is 51.4 Å². The largest absolute Gasteiger partial charge is 0.508 e. The van der Waals surface area contributed by atoms with E-state index in [9.17, 15) is 15.0 Å². The van der Waals surface area contributed by atoms with E-state index >= 15 is 0 Å². The summed E-state index contributed by atoms with van der Waals surface area (Å²) in [7, 11) is 0. The zero-order valence-electron chi connectivity index (χ0n) is 12.1. The second-order valence-electron chi connectivity index (χ2n) is 6.93. The maximum Gasteiger partial charge on any atom is 0.309 e. The Balaban J connectivity index is 2.13. The van der Waals surface area contributed by atoms with Crippen LogP contribution in [-0.4, -0.2) is 16.2 Å². The molecule has 3 nitrogen and oxygen atoms in total. The van der Waals surface area contributed by atoms with Crippen LogP contribution in [0, 0.1) is 11.3 Å². The number of hydrogen-bond acceptors (Lipinski definition) is 2. The Morgan fingerprint density at radius 1 is 1.30 bits per heavy atom. The minimum Gasteiger partial charge on any atom is -0.508 e. The van der Waals surface area contributed by atoms with Crippen LogP contribution in [0.5, 0.6) is 5.75 Å². The van der Waals surface area contributed by atoms with Crippen LogP contribution in [0.4, 0.5) is 0 Å². The van der Waals surface area contributed by atoms with Crippen molar-refractivity contribution >= 4 is 5.97 Å². The van der Waals surface area contributed by atoms with E-state index in [0.717, 1.165) is 32.1 Å². The van der Waals surface area contributed by atoms with E-state index in [1.807, 2.05) is 19.1 Å². The molecule has 0 heterocycles. The lowest BCUT2D eigenvalue weighted by Crippen LogP contribution is -2.52. The van der Waals surface area contributed by atoms with Gasteiger partial charge in [0.05, 0.1) is 5.41 Å². The Bertz CT molecular complexity index is 565. The van der Waals surface area contributed by atoms with Crippen molar-refractivity contribution in [2.24, 2.45) is 11.3 Å². The molecule has 2 aliphatic carbocycles. The molecule has 2 N–H and O–H groups in total. The molecule has 2 aliphatic rings. The maximum atomic E-state index is 11.8. The molecular weight excluding hydrogens is 252 g/mol. The average molecular weight is 274 g/mol. The molecule has 3 rings (SSSR count). The fourth-order valence-corrected chi connectivity index (χ4v) is 4.70. The molecule has 20 heavy (non-hydrogen) atoms. The predicted octanol–water partition coefficient (Wildman–Crippen LogP) is 3.49. The molecule has 0 spiro atoms. The summed E-state index contributed by atoms with van der Waals surface area (Å²) in [5.41, 5.74) is 1.67. The molecule has 0 radical (unpaired) electrons. The molecule has 3 heteroatoms. The Kier molecular flexibility index (Phi) is 2.86. The molecule has 1 aromatic rings. The van der Waals surface area contributed by atoms with Crippen LogP contribution in [-0.2, 0) is 16.6 Å². The Labute approximate surface area is 119 Å². The Morgan fingerprint density at radius 2 is 2.05 bits per heavy atom. The van der Waals surface area contributed by atoms with Crippen LogP contribution >= 0.6 is 0 Å². The van der Waals surface area contributed by atoms with Gasteiger partial charge in [-0.2, -0.15) is 0 Å². The molecule has 108 valence electrons. The minimum absolute atomic E-state index is 0.127. The molecular formula is C17H22O3. The van der Waals surface area contributed by atoms with Gasteiger partial charge in [-0.1, -0.05) is 19.4 Å². The van der Waals surface area contributed by atoms with Crippen molar-refractivity contribution in [2.75, 3.05) is 0 Å². The third kappa shape index (κ3) is 1.68. The van der Waals surface area contributed by atoms with Crippen molar-refractivity contribution in [3.63, 3.8) is 0 Å². The highest BCUT2D eigenvalue weighted by molar-refractivity contribution is 5.75. The zero-order chi connectivity index (χ0) is 14.5. The van der Waals surface area contributed by atoms with Crippen molar-refractivity contribution in [1.82, 2.24) is 0 Å². The summed E-state index contributed by atoms with van der Waals surface area (Å²) in [6.45, 7) is 4.10. The lowest BCUT2D eigenvalue weighted by Gasteiger charge is -2.53. The molecule has 0 saturated heterocycles. The normalized spacial score (nSPS) is 36.0. The van der Waals surface area contributed by atoms with Crippen LogP contribution in [0.25, 0.3) is 0 Å². The van der Waals surface area contributed by atoms with Crippen molar-refractivity contribution in [1.29, 1.82) is 0 Å². The maximum absolute atomic E-state index is 11.8. The van der Waals surface area contributed by atoms with E-state index < -0.39 is 11.4 Å². The minimum atomic E-state index is -0.669. The molecule has 0 unspecified atom stereocenters. The third-order valence-electron chi connectivity index (χ3n) is 5.83. The van der Waals surface area contributed by atoms with Crippen molar-refractivity contribution in [3.8, 4) is 5.75 Å². The number of benzene rings is 1. The number of fused-ring (bicyclic) bond motifs is 3. The topological polar surface area (TPSA) is 57.5 Å². The van der Waals surface area contributed by atoms with Crippen LogP contribution in [0.2, 0.25) is 0 Å². The quantitative estimate of drug-likeness (QED) is 0.824. The number of carboxylic acids is 1. The van der Waals surface area contributed by atoms with E-state index in [-0.39, 0.29) is 17.1 Å². The molecule has 0 aliphatic heterocycles. The van der Waals surface area contributed by atoms with Gasteiger partial charge in [-0.3, -0.25) is 4.79 Å². The molecule has 0 bridgehead atoms. The van der Waals surface area contributed by atoms with Crippen LogP contribution in [0.15, 0.2) is 18.2 Å². The summed E-state index contributed by atoms with van der Waals surface area (Å²) in [6, 6.07) is 5.59. The summed E-state index contributed by atoms with van der Waals surface area (Å²) in [4.78, 5) is 11.8. The van der Waals surface area contributed by atoms with Gasteiger partial charge in [0.1, 0.15) is 5.75 Å². The first-order chi connectivity index (χ1) is 9.38. The van der Waals surface area contributed by atoms with Gasteiger partial charge >= 0.3 is 5.97 Å². The second-order valence-corrected chi connectivity index (χ2v) is 6.93. The molecule has 1 fully saturated rings. The number of rotatable bonds is 1. The number of aliphatic carboxylic acids is 1. The van der Waals surface area contributed by atoms with Gasteiger partial charge in [0, 0.05) is 0 Å². The molecule has 1 aromatic carbocycles. The third-order valence-corrected chi connectivity index (χ3v) is 5.83. The Hall–Kier alpha value is -1.51.